The molecule has 3 aliphatic heterocycles. The second kappa shape index (κ2) is 10.9. The van der Waals surface area contributed by atoms with E-state index >= 15 is 0 Å². The Bertz CT molecular complexity index is 946. The number of carbonyl (C=O) groups is 1. The lowest BCUT2D eigenvalue weighted by Crippen LogP contribution is -2.52. The summed E-state index contributed by atoms with van der Waals surface area (Å²) in [5.41, 5.74) is 1.32. The van der Waals surface area contributed by atoms with Crippen molar-refractivity contribution in [3.8, 4) is 5.75 Å². The van der Waals surface area contributed by atoms with Crippen molar-refractivity contribution in [3.63, 3.8) is 0 Å². The number of amides is 1. The smallest absolute Gasteiger partial charge is 0.279 e. The molecule has 1 saturated heterocycles. The van der Waals surface area contributed by atoms with E-state index < -0.39 is 10.2 Å². The Morgan fingerprint density at radius 1 is 1.12 bits per heavy atom. The molecule has 0 unspecified atom stereocenters. The van der Waals surface area contributed by atoms with Gasteiger partial charge in [-0.15, -0.1) is 0 Å². The predicted molar refractivity (Wildman–Crippen MR) is 131 cm³/mol. The Balaban J connectivity index is 1.52. The van der Waals surface area contributed by atoms with Gasteiger partial charge < -0.3 is 14.4 Å². The number of benzene rings is 1. The van der Waals surface area contributed by atoms with Gasteiger partial charge in [0.25, 0.3) is 10.2 Å². The van der Waals surface area contributed by atoms with Crippen LogP contribution in [0.4, 0.5) is 0 Å². The molecule has 4 bridgehead atoms. The molecule has 1 amide bonds. The fraction of sp³-hybridized carbons (Fsp3) is 0.720. The number of rotatable bonds is 3. The van der Waals surface area contributed by atoms with Gasteiger partial charge >= 0.3 is 0 Å². The second-order valence-electron chi connectivity index (χ2n) is 10.1. The molecule has 34 heavy (non-hydrogen) atoms. The average molecular weight is 494 g/mol. The van der Waals surface area contributed by atoms with E-state index in [-0.39, 0.29) is 30.1 Å². The van der Waals surface area contributed by atoms with Crippen LogP contribution in [0.15, 0.2) is 24.3 Å². The number of fused-ring (bicyclic) bond motifs is 8. The summed E-state index contributed by atoms with van der Waals surface area (Å²) in [5.74, 6) is 1.46. The summed E-state index contributed by atoms with van der Waals surface area (Å²) in [4.78, 5) is 15.1. The van der Waals surface area contributed by atoms with Gasteiger partial charge in [-0.2, -0.15) is 17.4 Å². The van der Waals surface area contributed by atoms with Crippen molar-refractivity contribution in [1.82, 2.24) is 13.9 Å². The number of hydrogen-bond acceptors (Lipinski definition) is 5. The third-order valence-electron chi connectivity index (χ3n) is 7.52. The molecule has 1 saturated carbocycles. The number of ether oxygens (including phenoxy) is 2. The van der Waals surface area contributed by atoms with E-state index in [9.17, 15) is 13.2 Å². The standard InChI is InChI=1S/C25H39N3O5S/c1-18-15-23(26-34(30,31)27(2)3)24-17-33-21-12-10-19(11-13-21)20-7-6-8-22(16-20)32-14-5-4-9-25(29)28(18)24/h6-8,16,18-19,21,23-24,26H,4-5,9-15,17H2,1-3H3/t18-,19?,21?,23+,24+/m1/s1. The van der Waals surface area contributed by atoms with Crippen LogP contribution >= 0.6 is 0 Å². The Morgan fingerprint density at radius 3 is 2.62 bits per heavy atom. The highest BCUT2D eigenvalue weighted by atomic mass is 32.2. The van der Waals surface area contributed by atoms with Crippen molar-refractivity contribution >= 4 is 16.1 Å². The van der Waals surface area contributed by atoms with Crippen molar-refractivity contribution in [1.29, 1.82) is 0 Å². The summed E-state index contributed by atoms with van der Waals surface area (Å²) in [6.07, 6.45) is 6.67. The first-order valence-corrected chi connectivity index (χ1v) is 14.0. The molecule has 9 heteroatoms. The Kier molecular flexibility index (Phi) is 8.17. The van der Waals surface area contributed by atoms with Crippen LogP contribution in [-0.4, -0.2) is 75.1 Å². The molecule has 1 aromatic rings. The molecule has 3 heterocycles. The first-order valence-electron chi connectivity index (χ1n) is 12.6. The van der Waals surface area contributed by atoms with Gasteiger partial charge in [-0.25, -0.2) is 0 Å². The van der Waals surface area contributed by atoms with Gasteiger partial charge in [0.1, 0.15) is 5.75 Å². The zero-order valence-corrected chi connectivity index (χ0v) is 21.4. The van der Waals surface area contributed by atoms with E-state index in [1.165, 1.54) is 24.0 Å². The topological polar surface area (TPSA) is 88.2 Å². The predicted octanol–water partition coefficient (Wildman–Crippen LogP) is 3.05. The molecule has 3 atom stereocenters. The van der Waals surface area contributed by atoms with Gasteiger partial charge in [0.05, 0.1) is 25.4 Å². The minimum atomic E-state index is -3.61. The van der Waals surface area contributed by atoms with Crippen LogP contribution in [-0.2, 0) is 19.7 Å². The van der Waals surface area contributed by atoms with Crippen LogP contribution in [0.3, 0.4) is 0 Å². The average Bonchev–Trinajstić information content (AvgIpc) is 3.11. The third-order valence-corrected chi connectivity index (χ3v) is 9.08. The van der Waals surface area contributed by atoms with Gasteiger partial charge in [0, 0.05) is 32.6 Å². The lowest BCUT2D eigenvalue weighted by atomic mass is 9.82. The van der Waals surface area contributed by atoms with E-state index in [2.05, 4.69) is 22.9 Å². The van der Waals surface area contributed by atoms with Gasteiger partial charge in [0.2, 0.25) is 5.91 Å². The van der Waals surface area contributed by atoms with E-state index in [0.29, 0.717) is 32.0 Å². The van der Waals surface area contributed by atoms with Crippen molar-refractivity contribution < 1.29 is 22.7 Å². The zero-order chi connectivity index (χ0) is 24.3. The molecule has 190 valence electrons. The lowest BCUT2D eigenvalue weighted by molar-refractivity contribution is -0.136. The van der Waals surface area contributed by atoms with Crippen LogP contribution < -0.4 is 9.46 Å². The fourth-order valence-corrected chi connectivity index (χ4v) is 6.41. The minimum absolute atomic E-state index is 0.0495. The maximum absolute atomic E-state index is 13.2. The highest BCUT2D eigenvalue weighted by Gasteiger charge is 2.44. The largest absolute Gasteiger partial charge is 0.494 e. The zero-order valence-electron chi connectivity index (χ0n) is 20.6. The molecule has 1 aromatic carbocycles. The number of carbonyl (C=O) groups excluding carboxylic acids is 1. The SMILES string of the molecule is C[C@@H]1C[C@H](NS(=O)(=O)N(C)C)[C@@H]2COC3CCC(CC3)c3cccc(c3)OCCCCC(=O)N12. The van der Waals surface area contributed by atoms with Crippen molar-refractivity contribution in [2.45, 2.75) is 88.4 Å². The van der Waals surface area contributed by atoms with Gasteiger partial charge in [-0.1, -0.05) is 12.1 Å². The second-order valence-corrected chi connectivity index (χ2v) is 12.1. The Hall–Kier alpha value is -1.68. The highest BCUT2D eigenvalue weighted by Crippen LogP contribution is 2.36. The van der Waals surface area contributed by atoms with Crippen LogP contribution in [0.25, 0.3) is 0 Å². The van der Waals surface area contributed by atoms with Gasteiger partial charge in [0.15, 0.2) is 0 Å². The molecule has 2 fully saturated rings. The third kappa shape index (κ3) is 5.93. The van der Waals surface area contributed by atoms with Gasteiger partial charge in [-0.05, 0) is 75.5 Å². The first-order chi connectivity index (χ1) is 16.2. The summed E-state index contributed by atoms with van der Waals surface area (Å²) in [6, 6.07) is 7.69. The number of nitrogens with zero attached hydrogens (tertiary/aromatic N) is 2. The monoisotopic (exact) mass is 493 g/mol. The lowest BCUT2D eigenvalue weighted by Gasteiger charge is -2.34. The molecule has 0 radical (unpaired) electrons. The summed E-state index contributed by atoms with van der Waals surface area (Å²) in [7, 11) is -0.588. The molecular formula is C25H39N3O5S. The Morgan fingerprint density at radius 2 is 1.88 bits per heavy atom. The fourth-order valence-electron chi connectivity index (χ4n) is 5.56. The van der Waals surface area contributed by atoms with E-state index in [1.807, 2.05) is 17.9 Å². The van der Waals surface area contributed by atoms with E-state index in [1.54, 1.807) is 0 Å². The molecule has 4 aliphatic rings. The molecule has 5 rings (SSSR count). The maximum atomic E-state index is 13.2. The van der Waals surface area contributed by atoms with Crippen molar-refractivity contribution in [3.05, 3.63) is 29.8 Å². The van der Waals surface area contributed by atoms with E-state index in [0.717, 1.165) is 44.3 Å². The van der Waals surface area contributed by atoms with Gasteiger partial charge in [-0.3, -0.25) is 4.79 Å². The first kappa shape index (κ1) is 25.4. The maximum Gasteiger partial charge on any atom is 0.279 e. The molecule has 8 nitrogen and oxygen atoms in total. The highest BCUT2D eigenvalue weighted by molar-refractivity contribution is 7.87. The number of hydrogen-bond donors (Lipinski definition) is 1. The van der Waals surface area contributed by atoms with Crippen LogP contribution in [0.2, 0.25) is 0 Å². The molecule has 0 spiro atoms. The van der Waals surface area contributed by atoms with E-state index in [4.69, 9.17) is 9.47 Å². The van der Waals surface area contributed by atoms with Crippen LogP contribution in [0, 0.1) is 0 Å². The van der Waals surface area contributed by atoms with Crippen molar-refractivity contribution in [2.75, 3.05) is 27.3 Å². The van der Waals surface area contributed by atoms with Crippen LogP contribution in [0.5, 0.6) is 5.75 Å². The summed E-state index contributed by atoms with van der Waals surface area (Å²) >= 11 is 0. The minimum Gasteiger partial charge on any atom is -0.494 e. The van der Waals surface area contributed by atoms with Crippen LogP contribution in [0.1, 0.15) is 69.8 Å². The molecular weight excluding hydrogens is 454 g/mol. The summed E-state index contributed by atoms with van der Waals surface area (Å²) < 4.78 is 41.5. The van der Waals surface area contributed by atoms with Crippen molar-refractivity contribution in [2.24, 2.45) is 0 Å². The normalized spacial score (nSPS) is 31.2. The molecule has 0 aromatic heterocycles. The number of nitrogens with one attached hydrogen (secondary N) is 1. The summed E-state index contributed by atoms with van der Waals surface area (Å²) in [5, 5.41) is 0. The quantitative estimate of drug-likeness (QED) is 0.699. The Labute approximate surface area is 204 Å². The molecule has 1 N–H and O–H groups in total. The summed E-state index contributed by atoms with van der Waals surface area (Å²) in [6.45, 7) is 2.93. The molecule has 1 aliphatic carbocycles.